The number of hydrogen-bond acceptors (Lipinski definition) is 7. The minimum absolute atomic E-state index is 0.0915. The van der Waals surface area contributed by atoms with Crippen LogP contribution < -0.4 is 10.8 Å². The Morgan fingerprint density at radius 1 is 0.805 bits per heavy atom. The van der Waals surface area contributed by atoms with Gasteiger partial charge in [-0.2, -0.15) is 5.48 Å². The SMILES string of the molecule is CC(C)(C)OC(=O)N1C[C@H](NOCc2ccccc2)CC[C@H]1C(=O)NC1CCN(C(=O)OCc2ccccc2)CC1. The maximum absolute atomic E-state index is 13.4. The van der Waals surface area contributed by atoms with Crippen molar-refractivity contribution in [2.24, 2.45) is 0 Å². The number of rotatable bonds is 8. The molecule has 222 valence electrons. The van der Waals surface area contributed by atoms with Gasteiger partial charge in [0.1, 0.15) is 18.2 Å². The first-order valence-electron chi connectivity index (χ1n) is 14.3. The topological polar surface area (TPSA) is 109 Å². The highest BCUT2D eigenvalue weighted by molar-refractivity contribution is 5.86. The van der Waals surface area contributed by atoms with Gasteiger partial charge in [0.15, 0.2) is 0 Å². The summed E-state index contributed by atoms with van der Waals surface area (Å²) in [6.07, 6.45) is 1.49. The van der Waals surface area contributed by atoms with Crippen LogP contribution in [-0.4, -0.2) is 71.3 Å². The lowest BCUT2D eigenvalue weighted by Crippen LogP contribution is -2.60. The second-order valence-electron chi connectivity index (χ2n) is 11.6. The minimum Gasteiger partial charge on any atom is -0.445 e. The fourth-order valence-corrected chi connectivity index (χ4v) is 4.99. The van der Waals surface area contributed by atoms with E-state index in [0.29, 0.717) is 45.4 Å². The fraction of sp³-hybridized carbons (Fsp3) is 0.516. The van der Waals surface area contributed by atoms with Gasteiger partial charge in [0.2, 0.25) is 5.91 Å². The van der Waals surface area contributed by atoms with E-state index < -0.39 is 17.7 Å². The normalized spacial score (nSPS) is 19.9. The van der Waals surface area contributed by atoms with Crippen molar-refractivity contribution in [3.05, 3.63) is 71.8 Å². The number of amides is 3. The van der Waals surface area contributed by atoms with Crippen LogP contribution in [0.1, 0.15) is 57.6 Å². The van der Waals surface area contributed by atoms with Crippen LogP contribution in [-0.2, 0) is 32.3 Å². The van der Waals surface area contributed by atoms with Crippen LogP contribution in [0.4, 0.5) is 9.59 Å². The van der Waals surface area contributed by atoms with Crippen molar-refractivity contribution in [2.75, 3.05) is 19.6 Å². The van der Waals surface area contributed by atoms with E-state index in [2.05, 4.69) is 10.8 Å². The summed E-state index contributed by atoms with van der Waals surface area (Å²) >= 11 is 0. The zero-order chi connectivity index (χ0) is 29.2. The van der Waals surface area contributed by atoms with Crippen LogP contribution in [0.2, 0.25) is 0 Å². The number of carbonyl (C=O) groups is 3. The maximum atomic E-state index is 13.4. The molecule has 10 heteroatoms. The number of likely N-dealkylation sites (tertiary alicyclic amines) is 2. The van der Waals surface area contributed by atoms with Gasteiger partial charge in [-0.25, -0.2) is 9.59 Å². The number of hydrogen-bond donors (Lipinski definition) is 2. The van der Waals surface area contributed by atoms with Crippen molar-refractivity contribution < 1.29 is 28.7 Å². The number of hydroxylamine groups is 1. The number of nitrogens with zero attached hydrogens (tertiary/aromatic N) is 2. The molecule has 2 N–H and O–H groups in total. The monoisotopic (exact) mass is 566 g/mol. The first kappa shape index (κ1) is 30.3. The molecule has 0 spiro atoms. The average molecular weight is 567 g/mol. The lowest BCUT2D eigenvalue weighted by Gasteiger charge is -2.40. The van der Waals surface area contributed by atoms with Crippen LogP contribution in [0.15, 0.2) is 60.7 Å². The molecule has 0 saturated carbocycles. The molecule has 41 heavy (non-hydrogen) atoms. The lowest BCUT2D eigenvalue weighted by atomic mass is 9.97. The zero-order valence-electron chi connectivity index (χ0n) is 24.2. The Bertz CT molecular complexity index is 1130. The van der Waals surface area contributed by atoms with Crippen molar-refractivity contribution in [2.45, 2.75) is 83.4 Å². The first-order valence-corrected chi connectivity index (χ1v) is 14.3. The van der Waals surface area contributed by atoms with Gasteiger partial charge in [0.25, 0.3) is 0 Å². The Balaban J connectivity index is 1.27. The van der Waals surface area contributed by atoms with Crippen LogP contribution in [0.25, 0.3) is 0 Å². The third-order valence-electron chi connectivity index (χ3n) is 7.15. The first-order chi connectivity index (χ1) is 19.7. The summed E-state index contributed by atoms with van der Waals surface area (Å²) in [5.74, 6) is -0.204. The Morgan fingerprint density at radius 2 is 1.41 bits per heavy atom. The fourth-order valence-electron chi connectivity index (χ4n) is 4.99. The molecule has 2 heterocycles. The molecule has 10 nitrogen and oxygen atoms in total. The highest BCUT2D eigenvalue weighted by Gasteiger charge is 2.39. The molecule has 0 aromatic heterocycles. The van der Waals surface area contributed by atoms with Gasteiger partial charge in [-0.15, -0.1) is 0 Å². The third-order valence-corrected chi connectivity index (χ3v) is 7.15. The molecule has 4 rings (SSSR count). The van der Waals surface area contributed by atoms with Crippen LogP contribution >= 0.6 is 0 Å². The molecule has 0 aliphatic carbocycles. The van der Waals surface area contributed by atoms with Crippen LogP contribution in [0, 0.1) is 0 Å². The van der Waals surface area contributed by atoms with Gasteiger partial charge >= 0.3 is 12.2 Å². The van der Waals surface area contributed by atoms with E-state index in [0.717, 1.165) is 11.1 Å². The zero-order valence-corrected chi connectivity index (χ0v) is 24.2. The van der Waals surface area contributed by atoms with E-state index in [1.807, 2.05) is 60.7 Å². The Labute approximate surface area is 242 Å². The summed E-state index contributed by atoms with van der Waals surface area (Å²) in [4.78, 5) is 47.9. The predicted molar refractivity (Wildman–Crippen MR) is 153 cm³/mol. The van der Waals surface area contributed by atoms with Gasteiger partial charge in [-0.05, 0) is 57.6 Å². The standard InChI is InChI=1S/C31H42N4O6/c1-31(2,3)41-30(38)35-20-26(33-40-22-24-12-8-5-9-13-24)14-15-27(35)28(36)32-25-16-18-34(19-17-25)29(37)39-21-23-10-6-4-7-11-23/h4-13,25-27,33H,14-22H2,1-3H3,(H,32,36)/t26-,27+/m1/s1. The van der Waals surface area contributed by atoms with E-state index in [9.17, 15) is 14.4 Å². The lowest BCUT2D eigenvalue weighted by molar-refractivity contribution is -0.129. The average Bonchev–Trinajstić information content (AvgIpc) is 2.96. The van der Waals surface area contributed by atoms with Gasteiger partial charge in [0, 0.05) is 25.7 Å². The highest BCUT2D eigenvalue weighted by atomic mass is 16.6. The van der Waals surface area contributed by atoms with Crippen LogP contribution in [0.3, 0.4) is 0 Å². The molecule has 0 unspecified atom stereocenters. The molecule has 2 atom stereocenters. The minimum atomic E-state index is -0.690. The molecule has 0 radical (unpaired) electrons. The smallest absolute Gasteiger partial charge is 0.411 e. The summed E-state index contributed by atoms with van der Waals surface area (Å²) < 4.78 is 11.1. The van der Waals surface area contributed by atoms with Crippen molar-refractivity contribution in [3.63, 3.8) is 0 Å². The molecule has 2 saturated heterocycles. The molecule has 2 aliphatic rings. The Hall–Kier alpha value is -3.63. The maximum Gasteiger partial charge on any atom is 0.411 e. The second-order valence-corrected chi connectivity index (χ2v) is 11.6. The van der Waals surface area contributed by atoms with Gasteiger partial charge in [-0.1, -0.05) is 60.7 Å². The second kappa shape index (κ2) is 14.3. The summed E-state index contributed by atoms with van der Waals surface area (Å²) in [6.45, 7) is 7.31. The summed E-state index contributed by atoms with van der Waals surface area (Å²) in [5.41, 5.74) is 4.34. The number of carbonyl (C=O) groups excluding carboxylic acids is 3. The van der Waals surface area contributed by atoms with Crippen LogP contribution in [0.5, 0.6) is 0 Å². The molecule has 2 fully saturated rings. The van der Waals surface area contributed by atoms with Crippen molar-refractivity contribution in [1.82, 2.24) is 20.6 Å². The Morgan fingerprint density at radius 3 is 2.02 bits per heavy atom. The quantitative estimate of drug-likeness (QED) is 0.456. The summed E-state index contributed by atoms with van der Waals surface area (Å²) in [5, 5.41) is 3.11. The largest absolute Gasteiger partial charge is 0.445 e. The molecule has 2 aromatic carbocycles. The summed E-state index contributed by atoms with van der Waals surface area (Å²) in [6, 6.07) is 18.5. The molecule has 2 aromatic rings. The van der Waals surface area contributed by atoms with Gasteiger partial charge in [-0.3, -0.25) is 14.5 Å². The molecular weight excluding hydrogens is 524 g/mol. The van der Waals surface area contributed by atoms with Crippen molar-refractivity contribution in [3.8, 4) is 0 Å². The predicted octanol–water partition coefficient (Wildman–Crippen LogP) is 4.39. The highest BCUT2D eigenvalue weighted by Crippen LogP contribution is 2.22. The van der Waals surface area contributed by atoms with Crippen molar-refractivity contribution >= 4 is 18.1 Å². The molecular formula is C31H42N4O6. The number of nitrogens with one attached hydrogen (secondary N) is 2. The van der Waals surface area contributed by atoms with Crippen molar-refractivity contribution in [1.29, 1.82) is 0 Å². The van der Waals surface area contributed by atoms with E-state index in [1.54, 1.807) is 25.7 Å². The van der Waals surface area contributed by atoms with Gasteiger partial charge < -0.3 is 19.7 Å². The third kappa shape index (κ3) is 9.47. The van der Waals surface area contributed by atoms with E-state index in [-0.39, 0.29) is 37.2 Å². The van der Waals surface area contributed by atoms with E-state index in [4.69, 9.17) is 14.3 Å². The van der Waals surface area contributed by atoms with E-state index in [1.165, 1.54) is 4.90 Å². The Kier molecular flexibility index (Phi) is 10.6. The molecule has 2 aliphatic heterocycles. The van der Waals surface area contributed by atoms with E-state index >= 15 is 0 Å². The number of ether oxygens (including phenoxy) is 2. The molecule has 0 bridgehead atoms. The number of piperidine rings is 2. The van der Waals surface area contributed by atoms with Gasteiger partial charge in [0.05, 0.1) is 12.6 Å². The summed E-state index contributed by atoms with van der Waals surface area (Å²) in [7, 11) is 0. The number of benzene rings is 2. The molecule has 3 amide bonds.